The Morgan fingerprint density at radius 3 is 2.70 bits per heavy atom. The molecule has 2 rings (SSSR count). The van der Waals surface area contributed by atoms with Gasteiger partial charge in [0.2, 0.25) is 5.91 Å². The van der Waals surface area contributed by atoms with E-state index in [1.807, 2.05) is 11.0 Å². The zero-order chi connectivity index (χ0) is 14.7. The molecule has 0 bridgehead atoms. The van der Waals surface area contributed by atoms with Crippen molar-refractivity contribution in [3.8, 4) is 0 Å². The van der Waals surface area contributed by atoms with Gasteiger partial charge in [0.15, 0.2) is 0 Å². The molecule has 1 saturated heterocycles. The van der Waals surface area contributed by atoms with Gasteiger partial charge in [0.25, 0.3) is 0 Å². The number of anilines is 1. The lowest BCUT2D eigenvalue weighted by Gasteiger charge is -2.35. The van der Waals surface area contributed by atoms with E-state index in [0.29, 0.717) is 28.3 Å². The summed E-state index contributed by atoms with van der Waals surface area (Å²) in [7, 11) is 0. The van der Waals surface area contributed by atoms with Gasteiger partial charge in [0.1, 0.15) is 0 Å². The molecule has 1 aliphatic heterocycles. The summed E-state index contributed by atoms with van der Waals surface area (Å²) in [4.78, 5) is 15.1. The van der Waals surface area contributed by atoms with Gasteiger partial charge in [-0.15, -0.1) is 11.8 Å². The second-order valence-corrected chi connectivity index (χ2v) is 7.17. The van der Waals surface area contributed by atoms with E-state index in [0.717, 1.165) is 18.0 Å². The number of nitrogens with zero attached hydrogens (tertiary/aromatic N) is 1. The van der Waals surface area contributed by atoms with Crippen molar-refractivity contribution in [2.24, 2.45) is 11.8 Å². The summed E-state index contributed by atoms with van der Waals surface area (Å²) in [5.74, 6) is 1.78. The van der Waals surface area contributed by atoms with Crippen LogP contribution in [0, 0.1) is 11.8 Å². The van der Waals surface area contributed by atoms with E-state index in [-0.39, 0.29) is 5.91 Å². The summed E-state index contributed by atoms with van der Waals surface area (Å²) in [6.45, 7) is 6.15. The van der Waals surface area contributed by atoms with Crippen molar-refractivity contribution in [3.05, 3.63) is 23.2 Å². The van der Waals surface area contributed by atoms with Crippen LogP contribution in [0.15, 0.2) is 23.1 Å². The second-order valence-electron chi connectivity index (χ2n) is 5.72. The molecule has 20 heavy (non-hydrogen) atoms. The van der Waals surface area contributed by atoms with E-state index in [9.17, 15) is 4.79 Å². The molecule has 0 radical (unpaired) electrons. The van der Waals surface area contributed by atoms with E-state index in [4.69, 9.17) is 17.3 Å². The number of halogens is 1. The maximum Gasteiger partial charge on any atom is 0.232 e. The fraction of sp³-hybridized carbons (Fsp3) is 0.533. The van der Waals surface area contributed by atoms with Crippen molar-refractivity contribution in [2.75, 3.05) is 24.6 Å². The average molecular weight is 313 g/mol. The first-order valence-corrected chi connectivity index (χ1v) is 8.27. The molecule has 1 amide bonds. The average Bonchev–Trinajstić information content (AvgIpc) is 2.38. The van der Waals surface area contributed by atoms with Crippen LogP contribution in [-0.4, -0.2) is 29.6 Å². The number of rotatable bonds is 3. The lowest BCUT2D eigenvalue weighted by atomic mass is 9.92. The highest BCUT2D eigenvalue weighted by Crippen LogP contribution is 2.29. The summed E-state index contributed by atoms with van der Waals surface area (Å²) >= 11 is 7.42. The Labute approximate surface area is 129 Å². The van der Waals surface area contributed by atoms with E-state index in [1.165, 1.54) is 18.2 Å². The largest absolute Gasteiger partial charge is 0.398 e. The van der Waals surface area contributed by atoms with Crippen LogP contribution in [0.4, 0.5) is 5.69 Å². The quantitative estimate of drug-likeness (QED) is 0.686. The van der Waals surface area contributed by atoms with Crippen LogP contribution in [0.2, 0.25) is 5.02 Å². The molecule has 0 aromatic heterocycles. The van der Waals surface area contributed by atoms with Crippen LogP contribution < -0.4 is 5.73 Å². The fourth-order valence-electron chi connectivity index (χ4n) is 2.73. The number of likely N-dealkylation sites (tertiary alicyclic amines) is 1. The van der Waals surface area contributed by atoms with Gasteiger partial charge in [-0.05, 0) is 36.5 Å². The van der Waals surface area contributed by atoms with Crippen LogP contribution in [0.1, 0.15) is 20.3 Å². The Kier molecular flexibility index (Phi) is 5.22. The van der Waals surface area contributed by atoms with Gasteiger partial charge in [-0.3, -0.25) is 4.79 Å². The number of hydrogen-bond acceptors (Lipinski definition) is 3. The molecular formula is C15H21ClN2OS. The van der Waals surface area contributed by atoms with Gasteiger partial charge >= 0.3 is 0 Å². The molecule has 2 N–H and O–H groups in total. The molecule has 0 spiro atoms. The highest BCUT2D eigenvalue weighted by atomic mass is 35.5. The van der Waals surface area contributed by atoms with Crippen molar-refractivity contribution in [3.63, 3.8) is 0 Å². The highest BCUT2D eigenvalue weighted by Gasteiger charge is 2.25. The Hall–Kier alpha value is -0.870. The van der Waals surface area contributed by atoms with Gasteiger partial charge in [-0.25, -0.2) is 0 Å². The first-order chi connectivity index (χ1) is 9.45. The van der Waals surface area contributed by atoms with Gasteiger partial charge in [0.05, 0.1) is 5.75 Å². The van der Waals surface area contributed by atoms with Crippen molar-refractivity contribution < 1.29 is 4.79 Å². The zero-order valence-corrected chi connectivity index (χ0v) is 13.5. The summed E-state index contributed by atoms with van der Waals surface area (Å²) in [5.41, 5.74) is 6.57. The van der Waals surface area contributed by atoms with Crippen LogP contribution in [0.25, 0.3) is 0 Å². The molecule has 2 atom stereocenters. The Bertz CT molecular complexity index is 485. The topological polar surface area (TPSA) is 46.3 Å². The maximum absolute atomic E-state index is 12.3. The minimum absolute atomic E-state index is 0.188. The number of carbonyl (C=O) groups is 1. The lowest BCUT2D eigenvalue weighted by Crippen LogP contribution is -2.43. The van der Waals surface area contributed by atoms with Crippen molar-refractivity contribution in [1.82, 2.24) is 4.90 Å². The maximum atomic E-state index is 12.3. The van der Waals surface area contributed by atoms with Gasteiger partial charge in [-0.2, -0.15) is 0 Å². The summed E-state index contributed by atoms with van der Waals surface area (Å²) in [5, 5.41) is 0.648. The number of benzene rings is 1. The van der Waals surface area contributed by atoms with Crippen molar-refractivity contribution in [2.45, 2.75) is 25.2 Å². The zero-order valence-electron chi connectivity index (χ0n) is 11.9. The van der Waals surface area contributed by atoms with E-state index in [1.54, 1.807) is 12.1 Å². The minimum atomic E-state index is 0.188. The molecule has 0 saturated carbocycles. The molecule has 110 valence electrons. The normalized spacial score (nSPS) is 22.9. The van der Waals surface area contributed by atoms with Crippen molar-refractivity contribution >= 4 is 35.0 Å². The Morgan fingerprint density at radius 1 is 1.40 bits per heavy atom. The third kappa shape index (κ3) is 4.06. The molecule has 1 aromatic rings. The number of nitrogen functional groups attached to an aromatic ring is 1. The number of carbonyl (C=O) groups excluding carboxylic acids is 1. The molecule has 3 nitrogen and oxygen atoms in total. The smallest absolute Gasteiger partial charge is 0.232 e. The highest BCUT2D eigenvalue weighted by molar-refractivity contribution is 8.00. The third-order valence-corrected chi connectivity index (χ3v) is 4.84. The molecule has 1 heterocycles. The number of hydrogen-bond donors (Lipinski definition) is 1. The van der Waals surface area contributed by atoms with Gasteiger partial charge in [0, 0.05) is 28.7 Å². The molecule has 0 aliphatic carbocycles. The second kappa shape index (κ2) is 6.72. The van der Waals surface area contributed by atoms with Crippen molar-refractivity contribution in [1.29, 1.82) is 0 Å². The Morgan fingerprint density at radius 2 is 2.05 bits per heavy atom. The van der Waals surface area contributed by atoms with E-state index < -0.39 is 0 Å². The summed E-state index contributed by atoms with van der Waals surface area (Å²) < 4.78 is 0. The molecule has 1 fully saturated rings. The SMILES string of the molecule is CC1CC(C)CN(C(=O)CSc2cc(Cl)ccc2N)C1. The minimum Gasteiger partial charge on any atom is -0.398 e. The predicted molar refractivity (Wildman–Crippen MR) is 86.1 cm³/mol. The van der Waals surface area contributed by atoms with Gasteiger partial charge < -0.3 is 10.6 Å². The first kappa shape index (κ1) is 15.5. The number of piperidine rings is 1. The van der Waals surface area contributed by atoms with Gasteiger partial charge in [-0.1, -0.05) is 25.4 Å². The molecule has 1 aliphatic rings. The fourth-order valence-corrected chi connectivity index (χ4v) is 3.87. The van der Waals surface area contributed by atoms with E-state index in [2.05, 4.69) is 13.8 Å². The van der Waals surface area contributed by atoms with E-state index >= 15 is 0 Å². The van der Waals surface area contributed by atoms with Crippen LogP contribution in [0.3, 0.4) is 0 Å². The number of thioether (sulfide) groups is 1. The molecule has 1 aromatic carbocycles. The lowest BCUT2D eigenvalue weighted by molar-refractivity contribution is -0.130. The molecular weight excluding hydrogens is 292 g/mol. The monoisotopic (exact) mass is 312 g/mol. The predicted octanol–water partition coefficient (Wildman–Crippen LogP) is 3.52. The van der Waals surface area contributed by atoms with Crippen LogP contribution in [0.5, 0.6) is 0 Å². The molecule has 2 unspecified atom stereocenters. The molecule has 5 heteroatoms. The summed E-state index contributed by atoms with van der Waals surface area (Å²) in [6.07, 6.45) is 1.21. The van der Waals surface area contributed by atoms with Crippen LogP contribution >= 0.6 is 23.4 Å². The summed E-state index contributed by atoms with van der Waals surface area (Å²) in [6, 6.07) is 5.35. The number of amides is 1. The Balaban J connectivity index is 1.93. The van der Waals surface area contributed by atoms with Crippen LogP contribution in [-0.2, 0) is 4.79 Å². The standard InChI is InChI=1S/C15H21ClN2OS/c1-10-5-11(2)8-18(7-10)15(19)9-20-14-6-12(16)3-4-13(14)17/h3-4,6,10-11H,5,7-9,17H2,1-2H3. The number of nitrogens with two attached hydrogens (primary N) is 1. The first-order valence-electron chi connectivity index (χ1n) is 6.91. The third-order valence-electron chi connectivity index (χ3n) is 3.55.